The number of likely N-dealkylation sites (tertiary alicyclic amines) is 1. The van der Waals surface area contributed by atoms with Gasteiger partial charge in [-0.05, 0) is 33.6 Å². The fourth-order valence-corrected chi connectivity index (χ4v) is 1.95. The number of carbonyl (C=O) groups is 2. The van der Waals surface area contributed by atoms with Crippen LogP contribution in [0.1, 0.15) is 33.6 Å². The zero-order chi connectivity index (χ0) is 13.1. The first-order valence-corrected chi connectivity index (χ1v) is 6.49. The van der Waals surface area contributed by atoms with Crippen LogP contribution in [0.25, 0.3) is 0 Å². The highest BCUT2D eigenvalue weighted by atomic mass is 35.5. The molecule has 0 aromatic heterocycles. The van der Waals surface area contributed by atoms with E-state index in [1.807, 2.05) is 18.7 Å². The first-order chi connectivity index (χ1) is 7.84. The van der Waals surface area contributed by atoms with Gasteiger partial charge in [0.2, 0.25) is 11.8 Å². The number of carbonyl (C=O) groups excluding carboxylic acids is 2. The third kappa shape index (κ3) is 3.87. The highest BCUT2D eigenvalue weighted by Gasteiger charge is 2.33. The lowest BCUT2D eigenvalue weighted by atomic mass is 9.91. The molecule has 1 rings (SSSR count). The predicted molar refractivity (Wildman–Crippen MR) is 67.9 cm³/mol. The van der Waals surface area contributed by atoms with Gasteiger partial charge >= 0.3 is 0 Å². The Balaban J connectivity index is 2.49. The molecule has 98 valence electrons. The largest absolute Gasteiger partial charge is 0.354 e. The monoisotopic (exact) mass is 260 g/mol. The molecular weight excluding hydrogens is 240 g/mol. The predicted octanol–water partition coefficient (Wildman–Crippen LogP) is 1.38. The summed E-state index contributed by atoms with van der Waals surface area (Å²) in [6.07, 6.45) is 2.15. The molecule has 1 fully saturated rings. The first-order valence-electron chi connectivity index (χ1n) is 6.06. The molecule has 0 radical (unpaired) electrons. The van der Waals surface area contributed by atoms with E-state index in [-0.39, 0.29) is 11.8 Å². The van der Waals surface area contributed by atoms with E-state index in [4.69, 9.17) is 11.6 Å². The van der Waals surface area contributed by atoms with Gasteiger partial charge in [0, 0.05) is 19.6 Å². The SMILES string of the molecule is CC(Cl)C(=O)NCC(C)(C)C(=O)N1CCCC1. The normalized spacial score (nSPS) is 18.0. The van der Waals surface area contributed by atoms with Crippen molar-refractivity contribution >= 4 is 23.4 Å². The van der Waals surface area contributed by atoms with Gasteiger partial charge in [-0.3, -0.25) is 9.59 Å². The van der Waals surface area contributed by atoms with Crippen molar-refractivity contribution in [2.45, 2.75) is 39.0 Å². The summed E-state index contributed by atoms with van der Waals surface area (Å²) in [6, 6.07) is 0. The Kier molecular flexibility index (Phi) is 4.80. The molecule has 1 aliphatic heterocycles. The second kappa shape index (κ2) is 5.71. The average Bonchev–Trinajstić information content (AvgIpc) is 2.77. The van der Waals surface area contributed by atoms with Gasteiger partial charge in [-0.15, -0.1) is 11.6 Å². The van der Waals surface area contributed by atoms with Gasteiger partial charge in [-0.1, -0.05) is 0 Å². The molecule has 17 heavy (non-hydrogen) atoms. The van der Waals surface area contributed by atoms with Gasteiger partial charge in [0.25, 0.3) is 0 Å². The summed E-state index contributed by atoms with van der Waals surface area (Å²) in [5, 5.41) is 2.15. The maximum absolute atomic E-state index is 12.2. The molecule has 0 spiro atoms. The van der Waals surface area contributed by atoms with Gasteiger partial charge in [-0.25, -0.2) is 0 Å². The molecule has 1 atom stereocenters. The minimum atomic E-state index is -0.564. The molecule has 0 aromatic rings. The lowest BCUT2D eigenvalue weighted by Gasteiger charge is -2.29. The van der Waals surface area contributed by atoms with Crippen LogP contribution in [-0.2, 0) is 9.59 Å². The van der Waals surface area contributed by atoms with Crippen molar-refractivity contribution in [2.24, 2.45) is 5.41 Å². The number of alkyl halides is 1. The summed E-state index contributed by atoms with van der Waals surface area (Å²) < 4.78 is 0. The van der Waals surface area contributed by atoms with Gasteiger partial charge in [0.05, 0.1) is 5.41 Å². The molecule has 0 bridgehead atoms. The second-order valence-corrected chi connectivity index (χ2v) is 5.87. The molecule has 1 aliphatic rings. The van der Waals surface area contributed by atoms with E-state index in [0.717, 1.165) is 25.9 Å². The Bertz CT molecular complexity index is 297. The number of halogens is 1. The third-order valence-electron chi connectivity index (χ3n) is 3.04. The molecule has 5 heteroatoms. The Morgan fingerprint density at radius 1 is 1.35 bits per heavy atom. The zero-order valence-electron chi connectivity index (χ0n) is 10.8. The van der Waals surface area contributed by atoms with Gasteiger partial charge in [0.15, 0.2) is 0 Å². The summed E-state index contributed by atoms with van der Waals surface area (Å²) in [5.74, 6) is -0.119. The highest BCUT2D eigenvalue weighted by molar-refractivity contribution is 6.30. The van der Waals surface area contributed by atoms with E-state index in [9.17, 15) is 9.59 Å². The summed E-state index contributed by atoms with van der Waals surface area (Å²) in [6.45, 7) is 7.33. The van der Waals surface area contributed by atoms with Crippen LogP contribution in [0.4, 0.5) is 0 Å². The van der Waals surface area contributed by atoms with Crippen LogP contribution >= 0.6 is 11.6 Å². The molecule has 4 nitrogen and oxygen atoms in total. The number of amides is 2. The van der Waals surface area contributed by atoms with Gasteiger partial charge in [-0.2, -0.15) is 0 Å². The second-order valence-electron chi connectivity index (χ2n) is 5.22. The standard InChI is InChI=1S/C12H21ClN2O2/c1-9(13)10(16)14-8-12(2,3)11(17)15-6-4-5-7-15/h9H,4-8H2,1-3H3,(H,14,16). The van der Waals surface area contributed by atoms with Crippen LogP contribution in [0, 0.1) is 5.41 Å². The van der Waals surface area contributed by atoms with E-state index < -0.39 is 10.8 Å². The highest BCUT2D eigenvalue weighted by Crippen LogP contribution is 2.21. The lowest BCUT2D eigenvalue weighted by Crippen LogP contribution is -2.47. The smallest absolute Gasteiger partial charge is 0.237 e. The molecule has 0 aromatic carbocycles. The van der Waals surface area contributed by atoms with Crippen molar-refractivity contribution in [3.05, 3.63) is 0 Å². The fraction of sp³-hybridized carbons (Fsp3) is 0.833. The van der Waals surface area contributed by atoms with Crippen LogP contribution in [0.5, 0.6) is 0 Å². The van der Waals surface area contributed by atoms with Crippen molar-refractivity contribution in [1.29, 1.82) is 0 Å². The van der Waals surface area contributed by atoms with Crippen LogP contribution in [0.3, 0.4) is 0 Å². The van der Waals surface area contributed by atoms with E-state index in [0.29, 0.717) is 6.54 Å². The van der Waals surface area contributed by atoms with E-state index >= 15 is 0 Å². The summed E-state index contributed by atoms with van der Waals surface area (Å²) in [7, 11) is 0. The molecule has 1 N–H and O–H groups in total. The fourth-order valence-electron chi connectivity index (χ4n) is 1.87. The summed E-state index contributed by atoms with van der Waals surface area (Å²) in [4.78, 5) is 25.4. The summed E-state index contributed by atoms with van der Waals surface area (Å²) >= 11 is 5.66. The van der Waals surface area contributed by atoms with Crippen molar-refractivity contribution in [2.75, 3.05) is 19.6 Å². The molecule has 0 saturated carbocycles. The zero-order valence-corrected chi connectivity index (χ0v) is 11.5. The van der Waals surface area contributed by atoms with Crippen molar-refractivity contribution in [3.63, 3.8) is 0 Å². The van der Waals surface area contributed by atoms with Crippen molar-refractivity contribution < 1.29 is 9.59 Å². The average molecular weight is 261 g/mol. The number of nitrogens with zero attached hydrogens (tertiary/aromatic N) is 1. The molecule has 1 unspecified atom stereocenters. The number of hydrogen-bond donors (Lipinski definition) is 1. The number of hydrogen-bond acceptors (Lipinski definition) is 2. The lowest BCUT2D eigenvalue weighted by molar-refractivity contribution is -0.139. The Morgan fingerprint density at radius 2 is 1.88 bits per heavy atom. The molecule has 2 amide bonds. The van der Waals surface area contributed by atoms with Gasteiger partial charge < -0.3 is 10.2 Å². The van der Waals surface area contributed by atoms with Crippen LogP contribution in [-0.4, -0.2) is 41.7 Å². The molecule has 1 heterocycles. The van der Waals surface area contributed by atoms with E-state index in [1.54, 1.807) is 6.92 Å². The minimum Gasteiger partial charge on any atom is -0.354 e. The minimum absolute atomic E-state index is 0.109. The quantitative estimate of drug-likeness (QED) is 0.777. The Labute approximate surface area is 108 Å². The first kappa shape index (κ1) is 14.3. The van der Waals surface area contributed by atoms with Gasteiger partial charge in [0.1, 0.15) is 5.38 Å². The topological polar surface area (TPSA) is 49.4 Å². The maximum Gasteiger partial charge on any atom is 0.237 e. The Morgan fingerprint density at radius 3 is 2.35 bits per heavy atom. The Hall–Kier alpha value is -0.770. The number of rotatable bonds is 4. The van der Waals surface area contributed by atoms with Crippen LogP contribution in [0.2, 0.25) is 0 Å². The molecule has 1 saturated heterocycles. The van der Waals surface area contributed by atoms with Crippen molar-refractivity contribution in [1.82, 2.24) is 10.2 Å². The number of nitrogens with one attached hydrogen (secondary N) is 1. The van der Waals surface area contributed by atoms with E-state index in [1.165, 1.54) is 0 Å². The maximum atomic E-state index is 12.2. The third-order valence-corrected chi connectivity index (χ3v) is 3.24. The molecular formula is C12H21ClN2O2. The van der Waals surface area contributed by atoms with E-state index in [2.05, 4.69) is 5.32 Å². The van der Waals surface area contributed by atoms with Crippen molar-refractivity contribution in [3.8, 4) is 0 Å². The molecule has 0 aliphatic carbocycles. The summed E-state index contributed by atoms with van der Waals surface area (Å²) in [5.41, 5.74) is -0.564. The van der Waals surface area contributed by atoms with Crippen LogP contribution < -0.4 is 5.32 Å². The van der Waals surface area contributed by atoms with Crippen LogP contribution in [0.15, 0.2) is 0 Å².